The molecule has 0 atom stereocenters. The highest BCUT2D eigenvalue weighted by Crippen LogP contribution is 2.08. The Bertz CT molecular complexity index is 284. The van der Waals surface area contributed by atoms with E-state index in [0.29, 0.717) is 6.10 Å². The summed E-state index contributed by atoms with van der Waals surface area (Å²) in [5.41, 5.74) is 1.26. The van der Waals surface area contributed by atoms with Crippen LogP contribution in [0, 0.1) is 0 Å². The highest BCUT2D eigenvalue weighted by Gasteiger charge is 1.94. The first-order valence-corrected chi connectivity index (χ1v) is 6.13. The lowest BCUT2D eigenvalue weighted by atomic mass is 10.2. The summed E-state index contributed by atoms with van der Waals surface area (Å²) in [5, 5.41) is 4.16. The largest absolute Gasteiger partial charge is 0.379 e. The van der Waals surface area contributed by atoms with Gasteiger partial charge in [-0.3, -0.25) is 0 Å². The second-order valence-corrected chi connectivity index (χ2v) is 4.51. The van der Waals surface area contributed by atoms with Crippen molar-refractivity contribution < 1.29 is 4.74 Å². The van der Waals surface area contributed by atoms with Gasteiger partial charge >= 0.3 is 0 Å². The van der Waals surface area contributed by atoms with Gasteiger partial charge in [-0.15, -0.1) is 0 Å². The third-order valence-electron chi connectivity index (χ3n) is 2.19. The average molecular weight is 242 g/mol. The molecule has 0 heterocycles. The van der Waals surface area contributed by atoms with E-state index >= 15 is 0 Å². The lowest BCUT2D eigenvalue weighted by molar-refractivity contribution is 0.0770. The number of rotatable bonds is 7. The van der Waals surface area contributed by atoms with Crippen molar-refractivity contribution in [2.45, 2.75) is 32.9 Å². The van der Waals surface area contributed by atoms with E-state index in [0.717, 1.165) is 31.1 Å². The molecule has 0 radical (unpaired) electrons. The number of hydrogen-bond donors (Lipinski definition) is 1. The molecule has 16 heavy (non-hydrogen) atoms. The molecule has 0 unspecified atom stereocenters. The van der Waals surface area contributed by atoms with E-state index in [9.17, 15) is 0 Å². The second-order valence-electron chi connectivity index (χ2n) is 4.08. The molecule has 2 nitrogen and oxygen atoms in total. The van der Waals surface area contributed by atoms with Crippen LogP contribution in [0.1, 0.15) is 25.8 Å². The van der Waals surface area contributed by atoms with Gasteiger partial charge in [-0.2, -0.15) is 0 Å². The third kappa shape index (κ3) is 6.11. The number of nitrogens with one attached hydrogen (secondary N) is 1. The van der Waals surface area contributed by atoms with Crippen LogP contribution < -0.4 is 5.32 Å². The second kappa shape index (κ2) is 7.66. The van der Waals surface area contributed by atoms with Crippen molar-refractivity contribution in [3.05, 3.63) is 34.9 Å². The van der Waals surface area contributed by atoms with E-state index < -0.39 is 0 Å². The summed E-state index contributed by atoms with van der Waals surface area (Å²) >= 11 is 5.81. The lowest BCUT2D eigenvalue weighted by Crippen LogP contribution is -2.17. The molecule has 0 aromatic heterocycles. The maximum atomic E-state index is 5.81. The zero-order valence-electron chi connectivity index (χ0n) is 10.0. The van der Waals surface area contributed by atoms with Gasteiger partial charge in [0.1, 0.15) is 0 Å². The van der Waals surface area contributed by atoms with Gasteiger partial charge in [0.25, 0.3) is 0 Å². The van der Waals surface area contributed by atoms with E-state index in [1.807, 2.05) is 24.3 Å². The van der Waals surface area contributed by atoms with E-state index in [-0.39, 0.29) is 0 Å². The summed E-state index contributed by atoms with van der Waals surface area (Å²) in [7, 11) is 0. The van der Waals surface area contributed by atoms with Gasteiger partial charge < -0.3 is 10.1 Å². The molecule has 0 saturated carbocycles. The maximum absolute atomic E-state index is 5.81. The number of benzene rings is 1. The van der Waals surface area contributed by atoms with Crippen LogP contribution in [0.3, 0.4) is 0 Å². The molecule has 0 bridgehead atoms. The summed E-state index contributed by atoms with van der Waals surface area (Å²) in [4.78, 5) is 0. The summed E-state index contributed by atoms with van der Waals surface area (Å²) < 4.78 is 5.45. The van der Waals surface area contributed by atoms with Gasteiger partial charge in [-0.05, 0) is 44.5 Å². The quantitative estimate of drug-likeness (QED) is 0.740. The standard InChI is InChI=1S/C13H20ClNO/c1-11(2)16-9-3-8-15-10-12-4-6-13(14)7-5-12/h4-7,11,15H,3,8-10H2,1-2H3. The van der Waals surface area contributed by atoms with Crippen molar-refractivity contribution >= 4 is 11.6 Å². The van der Waals surface area contributed by atoms with Crippen LogP contribution in [0.15, 0.2) is 24.3 Å². The minimum atomic E-state index is 0.330. The van der Waals surface area contributed by atoms with Crippen LogP contribution in [0.4, 0.5) is 0 Å². The van der Waals surface area contributed by atoms with E-state index in [1.165, 1.54) is 5.56 Å². The minimum absolute atomic E-state index is 0.330. The number of ether oxygens (including phenoxy) is 1. The first kappa shape index (κ1) is 13.5. The highest BCUT2D eigenvalue weighted by atomic mass is 35.5. The topological polar surface area (TPSA) is 21.3 Å². The van der Waals surface area contributed by atoms with Crippen molar-refractivity contribution in [1.82, 2.24) is 5.32 Å². The number of hydrogen-bond acceptors (Lipinski definition) is 2. The smallest absolute Gasteiger partial charge is 0.0518 e. The van der Waals surface area contributed by atoms with Crippen LogP contribution in [-0.4, -0.2) is 19.3 Å². The molecule has 0 aliphatic heterocycles. The Hall–Kier alpha value is -0.570. The molecule has 0 aliphatic rings. The Labute approximate surface area is 103 Å². The Morgan fingerprint density at radius 2 is 1.94 bits per heavy atom. The zero-order chi connectivity index (χ0) is 11.8. The van der Waals surface area contributed by atoms with Crippen LogP contribution in [0.25, 0.3) is 0 Å². The molecule has 0 amide bonds. The molecule has 1 rings (SSSR count). The summed E-state index contributed by atoms with van der Waals surface area (Å²) in [6.45, 7) is 6.81. The molecular formula is C13H20ClNO. The predicted molar refractivity (Wildman–Crippen MR) is 68.9 cm³/mol. The normalized spacial score (nSPS) is 11.0. The van der Waals surface area contributed by atoms with Crippen LogP contribution in [0.5, 0.6) is 0 Å². The molecule has 1 N–H and O–H groups in total. The van der Waals surface area contributed by atoms with Crippen molar-refractivity contribution in [2.75, 3.05) is 13.2 Å². The van der Waals surface area contributed by atoms with Crippen molar-refractivity contribution in [3.63, 3.8) is 0 Å². The SMILES string of the molecule is CC(C)OCCCNCc1ccc(Cl)cc1. The van der Waals surface area contributed by atoms with Gasteiger partial charge in [0, 0.05) is 18.2 Å². The fraction of sp³-hybridized carbons (Fsp3) is 0.538. The summed E-state index contributed by atoms with van der Waals surface area (Å²) in [6.07, 6.45) is 1.38. The third-order valence-corrected chi connectivity index (χ3v) is 2.44. The van der Waals surface area contributed by atoms with Crippen molar-refractivity contribution in [3.8, 4) is 0 Å². The van der Waals surface area contributed by atoms with Gasteiger partial charge in [0.2, 0.25) is 0 Å². The molecule has 0 spiro atoms. The van der Waals surface area contributed by atoms with Gasteiger partial charge in [-0.25, -0.2) is 0 Å². The Morgan fingerprint density at radius 1 is 1.25 bits per heavy atom. The molecule has 0 saturated heterocycles. The predicted octanol–water partition coefficient (Wildman–Crippen LogP) is 3.24. The van der Waals surface area contributed by atoms with Gasteiger partial charge in [0.15, 0.2) is 0 Å². The molecular weight excluding hydrogens is 222 g/mol. The van der Waals surface area contributed by atoms with Crippen LogP contribution in [0.2, 0.25) is 5.02 Å². The Balaban J connectivity index is 2.05. The Kier molecular flexibility index (Phi) is 6.46. The molecule has 90 valence electrons. The highest BCUT2D eigenvalue weighted by molar-refractivity contribution is 6.30. The Morgan fingerprint density at radius 3 is 2.56 bits per heavy atom. The number of halogens is 1. The fourth-order valence-corrected chi connectivity index (χ4v) is 1.48. The minimum Gasteiger partial charge on any atom is -0.379 e. The zero-order valence-corrected chi connectivity index (χ0v) is 10.8. The van der Waals surface area contributed by atoms with E-state index in [4.69, 9.17) is 16.3 Å². The van der Waals surface area contributed by atoms with Crippen molar-refractivity contribution in [2.24, 2.45) is 0 Å². The molecule has 1 aromatic carbocycles. The first-order chi connectivity index (χ1) is 7.68. The van der Waals surface area contributed by atoms with Crippen LogP contribution in [-0.2, 0) is 11.3 Å². The summed E-state index contributed by atoms with van der Waals surface area (Å²) in [6, 6.07) is 7.92. The molecule has 0 aliphatic carbocycles. The van der Waals surface area contributed by atoms with Crippen molar-refractivity contribution in [1.29, 1.82) is 0 Å². The average Bonchev–Trinajstić information content (AvgIpc) is 2.25. The molecule has 3 heteroatoms. The lowest BCUT2D eigenvalue weighted by Gasteiger charge is -2.08. The fourth-order valence-electron chi connectivity index (χ4n) is 1.35. The first-order valence-electron chi connectivity index (χ1n) is 5.75. The molecule has 1 aromatic rings. The van der Waals surface area contributed by atoms with Gasteiger partial charge in [-0.1, -0.05) is 23.7 Å². The van der Waals surface area contributed by atoms with E-state index in [2.05, 4.69) is 19.2 Å². The molecule has 0 fully saturated rings. The van der Waals surface area contributed by atoms with Gasteiger partial charge in [0.05, 0.1) is 6.10 Å². The monoisotopic (exact) mass is 241 g/mol. The summed E-state index contributed by atoms with van der Waals surface area (Å²) in [5.74, 6) is 0. The van der Waals surface area contributed by atoms with Crippen LogP contribution >= 0.6 is 11.6 Å². The van der Waals surface area contributed by atoms with E-state index in [1.54, 1.807) is 0 Å². The maximum Gasteiger partial charge on any atom is 0.0518 e.